The summed E-state index contributed by atoms with van der Waals surface area (Å²) in [6.45, 7) is 2.58. The van der Waals surface area contributed by atoms with E-state index in [1.54, 1.807) is 19.2 Å². The minimum atomic E-state index is -0.379. The summed E-state index contributed by atoms with van der Waals surface area (Å²) < 4.78 is 10.2. The summed E-state index contributed by atoms with van der Waals surface area (Å²) in [5.74, 6) is -0.474. The number of unbranched alkanes of at least 4 members (excludes halogenated alkanes) is 7. The monoisotopic (exact) mass is 323 g/mol. The van der Waals surface area contributed by atoms with E-state index in [0.29, 0.717) is 6.61 Å². The predicted octanol–water partition coefficient (Wildman–Crippen LogP) is 4.04. The van der Waals surface area contributed by atoms with Gasteiger partial charge in [-0.1, -0.05) is 51.9 Å². The van der Waals surface area contributed by atoms with Gasteiger partial charge in [0, 0.05) is 7.05 Å². The third-order valence-corrected chi connectivity index (χ3v) is 3.71. The molecule has 0 spiro atoms. The number of carbonyl (C=O) groups excluding carboxylic acids is 2. The third kappa shape index (κ3) is 8.43. The summed E-state index contributed by atoms with van der Waals surface area (Å²) in [5, 5.41) is 0. The molecule has 0 unspecified atom stereocenters. The largest absolute Gasteiger partial charge is 0.464 e. The van der Waals surface area contributed by atoms with Crippen LogP contribution in [-0.2, 0) is 9.53 Å². The molecule has 1 amide bonds. The summed E-state index contributed by atoms with van der Waals surface area (Å²) >= 11 is 0. The van der Waals surface area contributed by atoms with Gasteiger partial charge >= 0.3 is 5.97 Å². The van der Waals surface area contributed by atoms with Crippen molar-refractivity contribution in [3.05, 3.63) is 24.2 Å². The molecule has 0 bridgehead atoms. The molecule has 0 aliphatic heterocycles. The fraction of sp³-hybridized carbons (Fsp3) is 0.667. The minimum absolute atomic E-state index is 0.0590. The van der Waals surface area contributed by atoms with E-state index in [1.807, 2.05) is 0 Å². The second-order valence-corrected chi connectivity index (χ2v) is 5.83. The summed E-state index contributed by atoms with van der Waals surface area (Å²) in [7, 11) is 1.56. The number of esters is 1. The zero-order valence-corrected chi connectivity index (χ0v) is 14.4. The average molecular weight is 323 g/mol. The second-order valence-electron chi connectivity index (χ2n) is 5.83. The molecule has 0 saturated heterocycles. The molecule has 0 radical (unpaired) electrons. The average Bonchev–Trinajstić information content (AvgIpc) is 3.06. The van der Waals surface area contributed by atoms with Gasteiger partial charge in [-0.3, -0.25) is 9.59 Å². The highest BCUT2D eigenvalue weighted by molar-refractivity contribution is 5.93. The second kappa shape index (κ2) is 11.7. The Morgan fingerprint density at radius 2 is 1.74 bits per heavy atom. The lowest BCUT2D eigenvalue weighted by atomic mass is 10.1. The number of ether oxygens (including phenoxy) is 1. The van der Waals surface area contributed by atoms with E-state index in [9.17, 15) is 9.59 Å². The van der Waals surface area contributed by atoms with Crippen LogP contribution in [0.15, 0.2) is 22.8 Å². The van der Waals surface area contributed by atoms with Crippen LogP contribution < -0.4 is 0 Å². The Bertz CT molecular complexity index is 442. The molecular formula is C18H29NO4. The van der Waals surface area contributed by atoms with Crippen LogP contribution in [0.2, 0.25) is 0 Å². The van der Waals surface area contributed by atoms with Crippen molar-refractivity contribution in [3.8, 4) is 0 Å². The quantitative estimate of drug-likeness (QED) is 0.430. The van der Waals surface area contributed by atoms with Crippen LogP contribution in [0.3, 0.4) is 0 Å². The van der Waals surface area contributed by atoms with Gasteiger partial charge in [0.1, 0.15) is 6.54 Å². The van der Waals surface area contributed by atoms with Crippen molar-refractivity contribution in [1.82, 2.24) is 4.90 Å². The van der Waals surface area contributed by atoms with E-state index < -0.39 is 0 Å². The van der Waals surface area contributed by atoms with E-state index in [-0.39, 0.29) is 24.2 Å². The van der Waals surface area contributed by atoms with Gasteiger partial charge in [0.15, 0.2) is 5.76 Å². The van der Waals surface area contributed by atoms with Gasteiger partial charge in [-0.05, 0) is 18.6 Å². The Balaban J connectivity index is 2.03. The van der Waals surface area contributed by atoms with Crippen LogP contribution >= 0.6 is 0 Å². The van der Waals surface area contributed by atoms with Crippen molar-refractivity contribution in [1.29, 1.82) is 0 Å². The maximum atomic E-state index is 11.9. The van der Waals surface area contributed by atoms with Crippen molar-refractivity contribution in [2.75, 3.05) is 20.2 Å². The topological polar surface area (TPSA) is 59.8 Å². The number of nitrogens with zero attached hydrogens (tertiary/aromatic N) is 1. The van der Waals surface area contributed by atoms with Crippen molar-refractivity contribution in [2.24, 2.45) is 0 Å². The van der Waals surface area contributed by atoms with E-state index in [2.05, 4.69) is 6.92 Å². The normalized spacial score (nSPS) is 10.5. The number of hydrogen-bond donors (Lipinski definition) is 0. The first-order valence-corrected chi connectivity index (χ1v) is 8.59. The number of furan rings is 1. The van der Waals surface area contributed by atoms with Crippen LogP contribution in [0, 0.1) is 0 Å². The Hall–Kier alpha value is -1.78. The van der Waals surface area contributed by atoms with Crippen molar-refractivity contribution >= 4 is 11.9 Å². The number of amides is 1. The minimum Gasteiger partial charge on any atom is -0.464 e. The lowest BCUT2D eigenvalue weighted by Crippen LogP contribution is -2.32. The summed E-state index contributed by atoms with van der Waals surface area (Å²) in [4.78, 5) is 24.9. The Kier molecular flexibility index (Phi) is 9.84. The molecule has 1 aromatic heterocycles. The first kappa shape index (κ1) is 19.3. The SMILES string of the molecule is CCCCCCCCCCOC(=O)CN(C)C(=O)c1ccco1. The molecule has 0 saturated carbocycles. The molecule has 1 rings (SSSR count). The van der Waals surface area contributed by atoms with Crippen molar-refractivity contribution < 1.29 is 18.7 Å². The van der Waals surface area contributed by atoms with Gasteiger partial charge < -0.3 is 14.1 Å². The molecule has 0 aliphatic carbocycles. The molecule has 1 heterocycles. The highest BCUT2D eigenvalue weighted by Gasteiger charge is 2.17. The molecule has 0 aliphatic rings. The first-order chi connectivity index (χ1) is 11.1. The molecule has 1 aromatic rings. The summed E-state index contributed by atoms with van der Waals surface area (Å²) in [6.07, 6.45) is 11.1. The first-order valence-electron chi connectivity index (χ1n) is 8.59. The standard InChI is InChI=1S/C18H29NO4/c1-3-4-5-6-7-8-9-10-13-23-17(20)15-19(2)18(21)16-12-11-14-22-16/h11-12,14H,3-10,13,15H2,1-2H3. The maximum Gasteiger partial charge on any atom is 0.325 e. The fourth-order valence-corrected chi connectivity index (χ4v) is 2.32. The third-order valence-electron chi connectivity index (χ3n) is 3.71. The molecule has 0 aromatic carbocycles. The smallest absolute Gasteiger partial charge is 0.325 e. The highest BCUT2D eigenvalue weighted by Crippen LogP contribution is 2.08. The molecule has 5 heteroatoms. The fourth-order valence-electron chi connectivity index (χ4n) is 2.32. The Morgan fingerprint density at radius 1 is 1.09 bits per heavy atom. The van der Waals surface area contributed by atoms with E-state index >= 15 is 0 Å². The molecule has 0 N–H and O–H groups in total. The van der Waals surface area contributed by atoms with Gasteiger partial charge in [0.2, 0.25) is 0 Å². The molecule has 0 atom stereocenters. The van der Waals surface area contributed by atoms with Crippen molar-refractivity contribution in [3.63, 3.8) is 0 Å². The Morgan fingerprint density at radius 3 is 2.35 bits per heavy atom. The molecule has 130 valence electrons. The van der Waals surface area contributed by atoms with Crippen molar-refractivity contribution in [2.45, 2.75) is 58.3 Å². The zero-order chi connectivity index (χ0) is 16.9. The lowest BCUT2D eigenvalue weighted by Gasteiger charge is -2.14. The van der Waals surface area contributed by atoms with Gasteiger partial charge in [-0.25, -0.2) is 0 Å². The maximum absolute atomic E-state index is 11.9. The van der Waals surface area contributed by atoms with Crippen LogP contribution in [-0.4, -0.2) is 37.0 Å². The number of carbonyl (C=O) groups is 2. The van der Waals surface area contributed by atoms with E-state index in [0.717, 1.165) is 12.8 Å². The summed E-state index contributed by atoms with van der Waals surface area (Å²) in [6, 6.07) is 3.21. The number of hydrogen-bond acceptors (Lipinski definition) is 4. The Labute approximate surface area is 139 Å². The van der Waals surface area contributed by atoms with Gasteiger partial charge in [0.25, 0.3) is 5.91 Å². The highest BCUT2D eigenvalue weighted by atomic mass is 16.5. The summed E-state index contributed by atoms with van der Waals surface area (Å²) in [5.41, 5.74) is 0. The molecular weight excluding hydrogens is 294 g/mol. The molecule has 5 nitrogen and oxygen atoms in total. The van der Waals surface area contributed by atoms with E-state index in [4.69, 9.17) is 9.15 Å². The van der Waals surface area contributed by atoms with Crippen LogP contribution in [0.1, 0.15) is 68.8 Å². The lowest BCUT2D eigenvalue weighted by molar-refractivity contribution is -0.144. The van der Waals surface area contributed by atoms with Gasteiger partial charge in [-0.15, -0.1) is 0 Å². The molecule has 23 heavy (non-hydrogen) atoms. The molecule has 0 fully saturated rings. The van der Waals surface area contributed by atoms with Gasteiger partial charge in [0.05, 0.1) is 12.9 Å². The predicted molar refractivity (Wildman–Crippen MR) is 89.2 cm³/mol. The van der Waals surface area contributed by atoms with E-state index in [1.165, 1.54) is 49.7 Å². The van der Waals surface area contributed by atoms with Gasteiger partial charge in [-0.2, -0.15) is 0 Å². The van der Waals surface area contributed by atoms with Crippen LogP contribution in [0.25, 0.3) is 0 Å². The zero-order valence-electron chi connectivity index (χ0n) is 14.4. The van der Waals surface area contributed by atoms with Crippen LogP contribution in [0.5, 0.6) is 0 Å². The number of likely N-dealkylation sites (N-methyl/N-ethyl adjacent to an activating group) is 1. The van der Waals surface area contributed by atoms with Crippen LogP contribution in [0.4, 0.5) is 0 Å². The number of rotatable bonds is 12.